The second-order valence-electron chi connectivity index (χ2n) is 8.13. The number of rotatable bonds is 11. The molecule has 0 saturated carbocycles. The Morgan fingerprint density at radius 3 is 2.27 bits per heavy atom. The highest BCUT2D eigenvalue weighted by molar-refractivity contribution is 5.47. The number of benzene rings is 2. The molecule has 0 aliphatic carbocycles. The van der Waals surface area contributed by atoms with Crippen LogP contribution in [0.15, 0.2) is 42.5 Å². The van der Waals surface area contributed by atoms with Crippen molar-refractivity contribution >= 4 is 0 Å². The van der Waals surface area contributed by atoms with Gasteiger partial charge in [0.2, 0.25) is 0 Å². The summed E-state index contributed by atoms with van der Waals surface area (Å²) in [5.41, 5.74) is 1.61. The lowest BCUT2D eigenvalue weighted by Crippen LogP contribution is -2.32. The summed E-state index contributed by atoms with van der Waals surface area (Å²) in [7, 11) is 5.35. The molecule has 1 atom stereocenters. The van der Waals surface area contributed by atoms with Gasteiger partial charge in [-0.3, -0.25) is 0 Å². The Morgan fingerprint density at radius 2 is 1.70 bits per heavy atom. The van der Waals surface area contributed by atoms with E-state index in [1.54, 1.807) is 26.4 Å². The van der Waals surface area contributed by atoms with Crippen molar-refractivity contribution in [1.29, 1.82) is 5.26 Å². The highest BCUT2D eigenvalue weighted by Gasteiger charge is 2.36. The number of nitrogens with zero attached hydrogens (tertiary/aromatic N) is 2. The van der Waals surface area contributed by atoms with Gasteiger partial charge in [0.15, 0.2) is 11.5 Å². The molecule has 162 valence electrons. The minimum atomic E-state index is -0.572. The number of phenols is 1. The van der Waals surface area contributed by atoms with Gasteiger partial charge >= 0.3 is 0 Å². The summed E-state index contributed by atoms with van der Waals surface area (Å²) in [5, 5.41) is 19.6. The fourth-order valence-corrected chi connectivity index (χ4v) is 3.85. The average Bonchev–Trinajstić information content (AvgIpc) is 2.75. The van der Waals surface area contributed by atoms with Crippen molar-refractivity contribution < 1.29 is 14.6 Å². The monoisotopic (exact) mass is 410 g/mol. The van der Waals surface area contributed by atoms with Crippen molar-refractivity contribution in [2.24, 2.45) is 5.92 Å². The zero-order valence-electron chi connectivity index (χ0n) is 18.8. The van der Waals surface area contributed by atoms with E-state index >= 15 is 0 Å². The Balaban J connectivity index is 2.02. The van der Waals surface area contributed by atoms with E-state index < -0.39 is 5.41 Å². The van der Waals surface area contributed by atoms with Crippen molar-refractivity contribution in [2.75, 3.05) is 34.4 Å². The van der Waals surface area contributed by atoms with Crippen LogP contribution in [0, 0.1) is 17.2 Å². The summed E-state index contributed by atoms with van der Waals surface area (Å²) in [6.45, 7) is 6.06. The molecule has 0 aliphatic rings. The molecule has 0 heterocycles. The maximum absolute atomic E-state index is 10.2. The molecule has 1 N–H and O–H groups in total. The van der Waals surface area contributed by atoms with Gasteiger partial charge in [0.05, 0.1) is 25.7 Å². The molecule has 2 rings (SSSR count). The molecule has 0 saturated heterocycles. The van der Waals surface area contributed by atoms with Crippen LogP contribution in [0.25, 0.3) is 0 Å². The molecule has 0 aliphatic heterocycles. The number of hydrogen-bond donors (Lipinski definition) is 1. The van der Waals surface area contributed by atoms with E-state index in [9.17, 15) is 10.4 Å². The molecule has 0 aromatic heterocycles. The largest absolute Gasteiger partial charge is 0.508 e. The van der Waals surface area contributed by atoms with E-state index in [0.717, 1.165) is 37.9 Å². The summed E-state index contributed by atoms with van der Waals surface area (Å²) in [4.78, 5) is 2.30. The Bertz CT molecular complexity index is 842. The normalized spacial score (nSPS) is 13.1. The number of methoxy groups -OCH3 is 2. The van der Waals surface area contributed by atoms with E-state index in [1.807, 2.05) is 30.3 Å². The van der Waals surface area contributed by atoms with Crippen LogP contribution >= 0.6 is 0 Å². The molecule has 0 radical (unpaired) electrons. The molecular weight excluding hydrogens is 376 g/mol. The van der Waals surface area contributed by atoms with Gasteiger partial charge in [-0.2, -0.15) is 5.26 Å². The van der Waals surface area contributed by atoms with E-state index in [4.69, 9.17) is 9.47 Å². The highest BCUT2D eigenvalue weighted by atomic mass is 16.5. The van der Waals surface area contributed by atoms with Crippen LogP contribution in [-0.4, -0.2) is 44.4 Å². The molecule has 5 nitrogen and oxygen atoms in total. The molecule has 0 amide bonds. The Morgan fingerprint density at radius 1 is 1.03 bits per heavy atom. The lowest BCUT2D eigenvalue weighted by atomic mass is 9.69. The van der Waals surface area contributed by atoms with Crippen LogP contribution in [0.5, 0.6) is 17.2 Å². The van der Waals surface area contributed by atoms with Gasteiger partial charge in [-0.05, 0) is 74.2 Å². The highest BCUT2D eigenvalue weighted by Crippen LogP contribution is 2.40. The summed E-state index contributed by atoms with van der Waals surface area (Å²) >= 11 is 0. The molecule has 2 aromatic rings. The number of nitriles is 1. The molecule has 1 unspecified atom stereocenters. The third kappa shape index (κ3) is 5.67. The lowest BCUT2D eigenvalue weighted by Gasteiger charge is -2.32. The minimum Gasteiger partial charge on any atom is -0.508 e. The first-order valence-electron chi connectivity index (χ1n) is 10.5. The van der Waals surface area contributed by atoms with Crippen LogP contribution in [0.2, 0.25) is 0 Å². The Kier molecular flexibility index (Phi) is 8.56. The SMILES string of the molecule is COc1ccc(C(C#N)(CCCN(C)CCc2ccc(O)cc2)C(C)C)cc1OC. The molecule has 5 heteroatoms. The second kappa shape index (κ2) is 10.9. The smallest absolute Gasteiger partial charge is 0.161 e. The predicted molar refractivity (Wildman–Crippen MR) is 120 cm³/mol. The molecule has 0 fully saturated rings. The van der Waals surface area contributed by atoms with E-state index in [1.165, 1.54) is 5.56 Å². The van der Waals surface area contributed by atoms with Gasteiger partial charge in [-0.25, -0.2) is 0 Å². The number of phenolic OH excluding ortho intramolecular Hbond substituents is 1. The first-order chi connectivity index (χ1) is 14.4. The van der Waals surface area contributed by atoms with Crippen molar-refractivity contribution in [2.45, 2.75) is 38.5 Å². The molecule has 0 spiro atoms. The van der Waals surface area contributed by atoms with E-state index in [2.05, 4.69) is 31.9 Å². The standard InChI is InChI=1S/C25H34N2O3/c1-19(2)25(18-26,21-9-12-23(29-4)24(17-21)30-5)14-6-15-27(3)16-13-20-7-10-22(28)11-8-20/h7-12,17,19,28H,6,13-16H2,1-5H3. The van der Waals surface area contributed by atoms with Gasteiger partial charge in [-0.1, -0.05) is 32.0 Å². The maximum Gasteiger partial charge on any atom is 0.161 e. The van der Waals surface area contributed by atoms with Gasteiger partial charge in [0, 0.05) is 6.54 Å². The van der Waals surface area contributed by atoms with Crippen molar-refractivity contribution in [3.8, 4) is 23.3 Å². The molecule has 30 heavy (non-hydrogen) atoms. The van der Waals surface area contributed by atoms with Gasteiger partial charge in [0.25, 0.3) is 0 Å². The molecular formula is C25H34N2O3. The quantitative estimate of drug-likeness (QED) is 0.577. The van der Waals surface area contributed by atoms with E-state index in [0.29, 0.717) is 17.2 Å². The van der Waals surface area contributed by atoms with Crippen LogP contribution in [0.1, 0.15) is 37.8 Å². The van der Waals surface area contributed by atoms with Crippen LogP contribution in [0.4, 0.5) is 0 Å². The van der Waals surface area contributed by atoms with Crippen molar-refractivity contribution in [3.63, 3.8) is 0 Å². The van der Waals surface area contributed by atoms with Crippen LogP contribution in [-0.2, 0) is 11.8 Å². The summed E-state index contributed by atoms with van der Waals surface area (Å²) in [6, 6.07) is 15.8. The topological polar surface area (TPSA) is 65.7 Å². The summed E-state index contributed by atoms with van der Waals surface area (Å²) in [6.07, 6.45) is 2.63. The number of ether oxygens (including phenoxy) is 2. The van der Waals surface area contributed by atoms with Gasteiger partial charge in [-0.15, -0.1) is 0 Å². The third-order valence-electron chi connectivity index (χ3n) is 5.91. The zero-order valence-corrected chi connectivity index (χ0v) is 18.8. The second-order valence-corrected chi connectivity index (χ2v) is 8.13. The maximum atomic E-state index is 10.2. The van der Waals surface area contributed by atoms with Crippen molar-refractivity contribution in [3.05, 3.63) is 53.6 Å². The molecule has 0 bridgehead atoms. The third-order valence-corrected chi connectivity index (χ3v) is 5.91. The lowest BCUT2D eigenvalue weighted by molar-refractivity contribution is 0.292. The minimum absolute atomic E-state index is 0.169. The van der Waals surface area contributed by atoms with Gasteiger partial charge < -0.3 is 19.5 Å². The Labute approximate surface area is 180 Å². The average molecular weight is 411 g/mol. The molecule has 2 aromatic carbocycles. The number of aromatic hydroxyl groups is 1. The fraction of sp³-hybridized carbons (Fsp3) is 0.480. The van der Waals surface area contributed by atoms with Crippen LogP contribution < -0.4 is 9.47 Å². The van der Waals surface area contributed by atoms with E-state index in [-0.39, 0.29) is 5.92 Å². The van der Waals surface area contributed by atoms with Crippen molar-refractivity contribution in [1.82, 2.24) is 4.90 Å². The number of likely N-dealkylation sites (N-methyl/N-ethyl adjacent to an activating group) is 1. The summed E-state index contributed by atoms with van der Waals surface area (Å²) < 4.78 is 10.8. The first kappa shape index (κ1) is 23.6. The van der Waals surface area contributed by atoms with Gasteiger partial charge in [0.1, 0.15) is 5.75 Å². The Hall–Kier alpha value is -2.71. The zero-order chi connectivity index (χ0) is 22.1. The predicted octanol–water partition coefficient (Wildman–Crippen LogP) is 4.78. The number of hydrogen-bond acceptors (Lipinski definition) is 5. The fourth-order valence-electron chi connectivity index (χ4n) is 3.85. The summed E-state index contributed by atoms with van der Waals surface area (Å²) in [5.74, 6) is 1.79. The first-order valence-corrected chi connectivity index (χ1v) is 10.5. The van der Waals surface area contributed by atoms with Crippen LogP contribution in [0.3, 0.4) is 0 Å².